The van der Waals surface area contributed by atoms with E-state index in [1.54, 1.807) is 13.0 Å². The van der Waals surface area contributed by atoms with Crippen LogP contribution in [0.1, 0.15) is 25.8 Å². The van der Waals surface area contributed by atoms with E-state index in [1.165, 1.54) is 0 Å². The third-order valence-corrected chi connectivity index (χ3v) is 2.84. The fourth-order valence-corrected chi connectivity index (χ4v) is 1.55. The summed E-state index contributed by atoms with van der Waals surface area (Å²) >= 11 is 0. The third-order valence-electron chi connectivity index (χ3n) is 2.84. The fourth-order valence-electron chi connectivity index (χ4n) is 1.55. The number of carbonyl (C=O) groups excluding carboxylic acids is 1. The molecule has 0 saturated heterocycles. The number of carbonyl (C=O) groups is 1. The number of benzene rings is 1. The maximum Gasteiger partial charge on any atom is 0.315 e. The monoisotopic (exact) mass is 244 g/mol. The van der Waals surface area contributed by atoms with Crippen molar-refractivity contribution in [1.82, 2.24) is 0 Å². The lowest BCUT2D eigenvalue weighted by Gasteiger charge is -2.21. The van der Waals surface area contributed by atoms with E-state index in [1.807, 2.05) is 49.4 Å². The SMILES string of the molecule is C=CC(C)(C/C=C/c1ccccc1)C(=O)OCC. The smallest absolute Gasteiger partial charge is 0.315 e. The quantitative estimate of drug-likeness (QED) is 0.561. The summed E-state index contributed by atoms with van der Waals surface area (Å²) in [6.07, 6.45) is 6.22. The van der Waals surface area contributed by atoms with Crippen LogP contribution in [-0.4, -0.2) is 12.6 Å². The molecule has 2 nitrogen and oxygen atoms in total. The maximum absolute atomic E-state index is 11.8. The van der Waals surface area contributed by atoms with Crippen LogP contribution in [0.15, 0.2) is 49.1 Å². The van der Waals surface area contributed by atoms with Gasteiger partial charge in [0.15, 0.2) is 0 Å². The summed E-state index contributed by atoms with van der Waals surface area (Å²) in [5.74, 6) is -0.224. The number of rotatable bonds is 6. The van der Waals surface area contributed by atoms with Crippen LogP contribution in [0, 0.1) is 5.41 Å². The lowest BCUT2D eigenvalue weighted by atomic mass is 9.87. The van der Waals surface area contributed by atoms with Crippen molar-refractivity contribution >= 4 is 12.0 Å². The van der Waals surface area contributed by atoms with Crippen molar-refractivity contribution in [3.8, 4) is 0 Å². The van der Waals surface area contributed by atoms with E-state index in [0.29, 0.717) is 13.0 Å². The molecule has 0 spiro atoms. The highest BCUT2D eigenvalue weighted by Gasteiger charge is 2.29. The fraction of sp³-hybridized carbons (Fsp3) is 0.312. The second-order valence-electron chi connectivity index (χ2n) is 4.36. The van der Waals surface area contributed by atoms with Gasteiger partial charge in [-0.15, -0.1) is 6.58 Å². The zero-order chi connectivity index (χ0) is 13.4. The Morgan fingerprint density at radius 2 is 2.06 bits per heavy atom. The maximum atomic E-state index is 11.8. The summed E-state index contributed by atoms with van der Waals surface area (Å²) in [4.78, 5) is 11.8. The minimum atomic E-state index is -0.651. The molecule has 0 saturated carbocycles. The molecule has 0 aliphatic heterocycles. The molecule has 0 N–H and O–H groups in total. The van der Waals surface area contributed by atoms with E-state index in [0.717, 1.165) is 5.56 Å². The molecular formula is C16H20O2. The Kier molecular flexibility index (Phi) is 5.37. The van der Waals surface area contributed by atoms with Crippen molar-refractivity contribution in [3.63, 3.8) is 0 Å². The molecule has 1 atom stereocenters. The van der Waals surface area contributed by atoms with Crippen LogP contribution in [0.5, 0.6) is 0 Å². The van der Waals surface area contributed by atoms with E-state index in [-0.39, 0.29) is 5.97 Å². The van der Waals surface area contributed by atoms with Gasteiger partial charge < -0.3 is 4.74 Å². The second kappa shape index (κ2) is 6.80. The number of hydrogen-bond acceptors (Lipinski definition) is 2. The molecule has 0 aromatic heterocycles. The van der Waals surface area contributed by atoms with Crippen LogP contribution in [0.2, 0.25) is 0 Å². The van der Waals surface area contributed by atoms with Gasteiger partial charge in [-0.1, -0.05) is 48.6 Å². The van der Waals surface area contributed by atoms with E-state index in [2.05, 4.69) is 6.58 Å². The summed E-state index contributed by atoms with van der Waals surface area (Å²) in [5, 5.41) is 0. The Balaban J connectivity index is 2.67. The van der Waals surface area contributed by atoms with Crippen molar-refractivity contribution in [2.75, 3.05) is 6.61 Å². The van der Waals surface area contributed by atoms with Crippen LogP contribution in [0.3, 0.4) is 0 Å². The standard InChI is InChI=1S/C16H20O2/c1-4-16(3,15(17)18-5-2)13-9-12-14-10-7-6-8-11-14/h4,6-12H,1,5,13H2,2-3H3/b12-9+. The molecule has 1 unspecified atom stereocenters. The number of allylic oxidation sites excluding steroid dienone is 1. The molecule has 2 heteroatoms. The van der Waals surface area contributed by atoms with Crippen LogP contribution in [0.25, 0.3) is 6.08 Å². The highest BCUT2D eigenvalue weighted by Crippen LogP contribution is 2.25. The number of hydrogen-bond donors (Lipinski definition) is 0. The Bertz CT molecular complexity index is 420. The van der Waals surface area contributed by atoms with Crippen molar-refractivity contribution in [1.29, 1.82) is 0 Å². The molecule has 0 aliphatic carbocycles. The zero-order valence-electron chi connectivity index (χ0n) is 11.1. The lowest BCUT2D eigenvalue weighted by Crippen LogP contribution is -2.27. The molecule has 0 fully saturated rings. The Hall–Kier alpha value is -1.83. The molecule has 0 amide bonds. The van der Waals surface area contributed by atoms with Crippen LogP contribution < -0.4 is 0 Å². The Labute approximate surface area is 109 Å². The average molecular weight is 244 g/mol. The predicted octanol–water partition coefficient (Wildman–Crippen LogP) is 3.85. The minimum Gasteiger partial charge on any atom is -0.465 e. The van der Waals surface area contributed by atoms with Gasteiger partial charge in [-0.05, 0) is 25.8 Å². The molecule has 96 valence electrons. The molecule has 0 heterocycles. The summed E-state index contributed by atoms with van der Waals surface area (Å²) in [7, 11) is 0. The van der Waals surface area contributed by atoms with Crippen LogP contribution in [0.4, 0.5) is 0 Å². The van der Waals surface area contributed by atoms with E-state index < -0.39 is 5.41 Å². The first-order valence-corrected chi connectivity index (χ1v) is 6.15. The average Bonchev–Trinajstić information content (AvgIpc) is 2.40. The topological polar surface area (TPSA) is 26.3 Å². The summed E-state index contributed by atoms with van der Waals surface area (Å²) in [6.45, 7) is 7.77. The van der Waals surface area contributed by atoms with E-state index in [9.17, 15) is 4.79 Å². The molecule has 0 bridgehead atoms. The molecule has 0 aliphatic rings. The van der Waals surface area contributed by atoms with Gasteiger partial charge in [0.1, 0.15) is 0 Å². The van der Waals surface area contributed by atoms with Gasteiger partial charge >= 0.3 is 5.97 Å². The first-order chi connectivity index (χ1) is 8.62. The van der Waals surface area contributed by atoms with Gasteiger partial charge in [-0.3, -0.25) is 4.79 Å². The molecule has 18 heavy (non-hydrogen) atoms. The van der Waals surface area contributed by atoms with E-state index >= 15 is 0 Å². The highest BCUT2D eigenvalue weighted by atomic mass is 16.5. The number of ether oxygens (including phenoxy) is 1. The largest absolute Gasteiger partial charge is 0.465 e. The first kappa shape index (κ1) is 14.2. The molecule has 1 aromatic carbocycles. The Morgan fingerprint density at radius 1 is 1.39 bits per heavy atom. The van der Waals surface area contributed by atoms with Crippen molar-refractivity contribution in [2.24, 2.45) is 5.41 Å². The van der Waals surface area contributed by atoms with Crippen LogP contribution >= 0.6 is 0 Å². The molecular weight excluding hydrogens is 224 g/mol. The molecule has 0 radical (unpaired) electrons. The van der Waals surface area contributed by atoms with Gasteiger partial charge in [-0.25, -0.2) is 0 Å². The summed E-state index contributed by atoms with van der Waals surface area (Å²) in [6, 6.07) is 9.98. The first-order valence-electron chi connectivity index (χ1n) is 6.15. The van der Waals surface area contributed by atoms with Crippen LogP contribution in [-0.2, 0) is 9.53 Å². The number of esters is 1. The van der Waals surface area contributed by atoms with Gasteiger partial charge in [0.05, 0.1) is 12.0 Å². The summed E-state index contributed by atoms with van der Waals surface area (Å²) < 4.78 is 5.06. The van der Waals surface area contributed by atoms with Crippen molar-refractivity contribution in [2.45, 2.75) is 20.3 Å². The molecule has 1 rings (SSSR count). The second-order valence-corrected chi connectivity index (χ2v) is 4.36. The van der Waals surface area contributed by atoms with Gasteiger partial charge in [0.25, 0.3) is 0 Å². The normalized spacial score (nSPS) is 14.1. The highest BCUT2D eigenvalue weighted by molar-refractivity contribution is 5.79. The van der Waals surface area contributed by atoms with Gasteiger partial charge in [0.2, 0.25) is 0 Å². The zero-order valence-corrected chi connectivity index (χ0v) is 11.1. The third kappa shape index (κ3) is 3.88. The minimum absolute atomic E-state index is 0.224. The lowest BCUT2D eigenvalue weighted by molar-refractivity contribution is -0.151. The summed E-state index contributed by atoms with van der Waals surface area (Å²) in [5.41, 5.74) is 0.467. The molecule has 1 aromatic rings. The van der Waals surface area contributed by atoms with E-state index in [4.69, 9.17) is 4.74 Å². The van der Waals surface area contributed by atoms with Crippen molar-refractivity contribution < 1.29 is 9.53 Å². The van der Waals surface area contributed by atoms with Gasteiger partial charge in [-0.2, -0.15) is 0 Å². The predicted molar refractivity (Wildman–Crippen MR) is 75.0 cm³/mol. The van der Waals surface area contributed by atoms with Gasteiger partial charge in [0, 0.05) is 0 Å². The Morgan fingerprint density at radius 3 is 2.61 bits per heavy atom. The van der Waals surface area contributed by atoms with Crippen molar-refractivity contribution in [3.05, 3.63) is 54.6 Å².